The fraction of sp³-hybridized carbons (Fsp3) is 0.280. The number of benzene rings is 3. The van der Waals surface area contributed by atoms with Crippen molar-refractivity contribution in [3.05, 3.63) is 88.9 Å². The van der Waals surface area contributed by atoms with Gasteiger partial charge in [0.05, 0.1) is 12.0 Å². The van der Waals surface area contributed by atoms with E-state index in [1.807, 2.05) is 48.5 Å². The topological polar surface area (TPSA) is 59.1 Å². The summed E-state index contributed by atoms with van der Waals surface area (Å²) >= 11 is 5.89. The van der Waals surface area contributed by atoms with Crippen molar-refractivity contribution in [1.82, 2.24) is 9.21 Å². The second-order valence-corrected chi connectivity index (χ2v) is 10.3. The number of ether oxygens (including phenoxy) is 2. The van der Waals surface area contributed by atoms with Crippen LogP contribution in [-0.2, 0) is 23.2 Å². The van der Waals surface area contributed by atoms with E-state index < -0.39 is 10.0 Å². The van der Waals surface area contributed by atoms with Gasteiger partial charge in [-0.25, -0.2) is 8.42 Å². The lowest BCUT2D eigenvalue weighted by Crippen LogP contribution is -2.48. The molecule has 1 saturated heterocycles. The number of hydrogen-bond donors (Lipinski definition) is 0. The highest BCUT2D eigenvalue weighted by molar-refractivity contribution is 7.89. The molecule has 1 heterocycles. The van der Waals surface area contributed by atoms with E-state index in [4.69, 9.17) is 21.1 Å². The minimum absolute atomic E-state index is 0.274. The van der Waals surface area contributed by atoms with E-state index in [1.165, 1.54) is 4.31 Å². The van der Waals surface area contributed by atoms with E-state index in [2.05, 4.69) is 4.90 Å². The molecule has 6 nitrogen and oxygen atoms in total. The zero-order valence-corrected chi connectivity index (χ0v) is 20.1. The van der Waals surface area contributed by atoms with Crippen LogP contribution >= 0.6 is 11.6 Å². The molecule has 1 fully saturated rings. The van der Waals surface area contributed by atoms with Crippen LogP contribution in [0.15, 0.2) is 77.7 Å². The van der Waals surface area contributed by atoms with Gasteiger partial charge < -0.3 is 9.47 Å². The Morgan fingerprint density at radius 3 is 2.21 bits per heavy atom. The fourth-order valence-electron chi connectivity index (χ4n) is 3.81. The minimum Gasteiger partial charge on any atom is -0.493 e. The van der Waals surface area contributed by atoms with Gasteiger partial charge in [0.25, 0.3) is 0 Å². The Morgan fingerprint density at radius 1 is 0.848 bits per heavy atom. The third-order valence-electron chi connectivity index (χ3n) is 5.65. The molecular weight excluding hydrogens is 460 g/mol. The number of hydrogen-bond acceptors (Lipinski definition) is 5. The molecule has 0 radical (unpaired) electrons. The quantitative estimate of drug-likeness (QED) is 0.471. The van der Waals surface area contributed by atoms with Gasteiger partial charge in [-0.1, -0.05) is 48.0 Å². The first-order valence-electron chi connectivity index (χ1n) is 10.8. The number of rotatable bonds is 8. The average molecular weight is 487 g/mol. The normalized spacial score (nSPS) is 15.3. The largest absolute Gasteiger partial charge is 0.493 e. The maximum atomic E-state index is 12.9. The molecule has 0 unspecified atom stereocenters. The maximum absolute atomic E-state index is 12.9. The summed E-state index contributed by atoms with van der Waals surface area (Å²) in [5.74, 6) is 1.39. The molecular formula is C25H27ClN2O4S. The Labute approximate surface area is 200 Å². The van der Waals surface area contributed by atoms with E-state index in [9.17, 15) is 8.42 Å². The monoisotopic (exact) mass is 486 g/mol. The van der Waals surface area contributed by atoms with Crippen LogP contribution in [0.4, 0.5) is 0 Å². The fourth-order valence-corrected chi connectivity index (χ4v) is 5.36. The van der Waals surface area contributed by atoms with Gasteiger partial charge in [-0.3, -0.25) is 4.90 Å². The van der Waals surface area contributed by atoms with E-state index in [1.54, 1.807) is 31.4 Å². The van der Waals surface area contributed by atoms with Crippen molar-refractivity contribution in [1.29, 1.82) is 0 Å². The van der Waals surface area contributed by atoms with E-state index in [0.29, 0.717) is 55.9 Å². The molecule has 1 aliphatic heterocycles. The Hall–Kier alpha value is -2.58. The summed E-state index contributed by atoms with van der Waals surface area (Å²) in [6, 6.07) is 22.2. The number of nitrogens with zero attached hydrogens (tertiary/aromatic N) is 2. The highest BCUT2D eigenvalue weighted by Crippen LogP contribution is 2.30. The van der Waals surface area contributed by atoms with Crippen LogP contribution in [0.3, 0.4) is 0 Å². The predicted molar refractivity (Wildman–Crippen MR) is 129 cm³/mol. The van der Waals surface area contributed by atoms with Crippen LogP contribution in [-0.4, -0.2) is 50.9 Å². The standard InChI is InChI=1S/C25H27ClN2O4S/c1-31-24-12-7-21(17-25(24)32-19-20-5-3-2-4-6-20)18-27-13-15-28(16-14-27)33(29,30)23-10-8-22(26)9-11-23/h2-12,17H,13-16,18-19H2,1H3. The minimum atomic E-state index is -3.51. The molecule has 4 rings (SSSR count). The molecule has 1 aliphatic rings. The van der Waals surface area contributed by atoms with Gasteiger partial charge in [0.15, 0.2) is 11.5 Å². The van der Waals surface area contributed by atoms with Gasteiger partial charge in [-0.05, 0) is 47.5 Å². The Balaban J connectivity index is 1.37. The van der Waals surface area contributed by atoms with Crippen LogP contribution in [0.1, 0.15) is 11.1 Å². The summed E-state index contributed by atoms with van der Waals surface area (Å²) in [5, 5.41) is 0.519. The van der Waals surface area contributed by atoms with E-state index in [0.717, 1.165) is 11.1 Å². The first-order valence-corrected chi connectivity index (χ1v) is 12.6. The third-order valence-corrected chi connectivity index (χ3v) is 7.82. The van der Waals surface area contributed by atoms with Gasteiger partial charge in [0, 0.05) is 37.7 Å². The van der Waals surface area contributed by atoms with Gasteiger partial charge in [-0.15, -0.1) is 0 Å². The third kappa shape index (κ3) is 5.86. The smallest absolute Gasteiger partial charge is 0.243 e. The van der Waals surface area contributed by atoms with Crippen LogP contribution in [0.5, 0.6) is 11.5 Å². The molecule has 0 aliphatic carbocycles. The molecule has 0 aromatic heterocycles. The molecule has 0 spiro atoms. The van der Waals surface area contributed by atoms with Gasteiger partial charge >= 0.3 is 0 Å². The van der Waals surface area contributed by atoms with Crippen LogP contribution < -0.4 is 9.47 Å². The zero-order valence-electron chi connectivity index (χ0n) is 18.5. The Kier molecular flexibility index (Phi) is 7.55. The van der Waals surface area contributed by atoms with Crippen LogP contribution in [0, 0.1) is 0 Å². The summed E-state index contributed by atoms with van der Waals surface area (Å²) < 4.78 is 38.8. The molecule has 0 saturated carbocycles. The van der Waals surface area contributed by atoms with Crippen LogP contribution in [0.2, 0.25) is 5.02 Å². The molecule has 0 bridgehead atoms. The molecule has 33 heavy (non-hydrogen) atoms. The van der Waals surface area contributed by atoms with Crippen molar-refractivity contribution < 1.29 is 17.9 Å². The highest BCUT2D eigenvalue weighted by Gasteiger charge is 2.28. The number of piperazine rings is 1. The predicted octanol–water partition coefficient (Wildman–Crippen LogP) is 4.43. The molecule has 0 amide bonds. The molecule has 0 N–H and O–H groups in total. The van der Waals surface area contributed by atoms with Gasteiger partial charge in [0.2, 0.25) is 10.0 Å². The highest BCUT2D eigenvalue weighted by atomic mass is 35.5. The Morgan fingerprint density at radius 2 is 1.55 bits per heavy atom. The van der Waals surface area contributed by atoms with Crippen molar-refractivity contribution in [2.45, 2.75) is 18.0 Å². The zero-order chi connectivity index (χ0) is 23.3. The SMILES string of the molecule is COc1ccc(CN2CCN(S(=O)(=O)c3ccc(Cl)cc3)CC2)cc1OCc1ccccc1. The van der Waals surface area contributed by atoms with Crippen LogP contribution in [0.25, 0.3) is 0 Å². The first-order chi connectivity index (χ1) is 16.0. The summed E-state index contributed by atoms with van der Waals surface area (Å²) in [4.78, 5) is 2.52. The molecule has 0 atom stereocenters. The van der Waals surface area contributed by atoms with Crippen molar-refractivity contribution in [2.24, 2.45) is 0 Å². The lowest BCUT2D eigenvalue weighted by atomic mass is 10.1. The van der Waals surface area contributed by atoms with Crippen molar-refractivity contribution >= 4 is 21.6 Å². The Bertz CT molecular complexity index is 1160. The summed E-state index contributed by atoms with van der Waals surface area (Å²) in [7, 11) is -1.88. The first kappa shape index (κ1) is 23.6. The average Bonchev–Trinajstić information content (AvgIpc) is 2.84. The van der Waals surface area contributed by atoms with E-state index >= 15 is 0 Å². The second-order valence-electron chi connectivity index (χ2n) is 7.89. The molecule has 8 heteroatoms. The summed E-state index contributed by atoms with van der Waals surface area (Å²) in [6.07, 6.45) is 0. The maximum Gasteiger partial charge on any atom is 0.243 e. The van der Waals surface area contributed by atoms with Gasteiger partial charge in [0.1, 0.15) is 6.61 Å². The summed E-state index contributed by atoms with van der Waals surface area (Å²) in [6.45, 7) is 3.36. The number of halogens is 1. The number of sulfonamides is 1. The van der Waals surface area contributed by atoms with Crippen molar-refractivity contribution in [3.63, 3.8) is 0 Å². The lowest BCUT2D eigenvalue weighted by molar-refractivity contribution is 0.181. The summed E-state index contributed by atoms with van der Waals surface area (Å²) in [5.41, 5.74) is 2.18. The van der Waals surface area contributed by atoms with Crippen molar-refractivity contribution in [2.75, 3.05) is 33.3 Å². The molecule has 3 aromatic carbocycles. The van der Waals surface area contributed by atoms with Gasteiger partial charge in [-0.2, -0.15) is 4.31 Å². The van der Waals surface area contributed by atoms with E-state index in [-0.39, 0.29) is 4.90 Å². The lowest BCUT2D eigenvalue weighted by Gasteiger charge is -2.34. The molecule has 3 aromatic rings. The number of methoxy groups -OCH3 is 1. The van der Waals surface area contributed by atoms with Crippen molar-refractivity contribution in [3.8, 4) is 11.5 Å². The molecule has 174 valence electrons. The second kappa shape index (κ2) is 10.6.